The molecule has 1 aliphatic rings. The van der Waals surface area contributed by atoms with Gasteiger partial charge in [-0.25, -0.2) is 5.43 Å². The van der Waals surface area contributed by atoms with E-state index in [1.807, 2.05) is 4.90 Å². The average Bonchev–Trinajstić information content (AvgIpc) is 2.76. The number of ether oxygens (including phenoxy) is 2. The highest BCUT2D eigenvalue weighted by molar-refractivity contribution is 5.89. The molecule has 1 aromatic carbocycles. The van der Waals surface area contributed by atoms with Gasteiger partial charge in [0.1, 0.15) is 11.8 Å². The smallest absolute Gasteiger partial charge is 0.315 e. The minimum Gasteiger partial charge on any atom is -0.502 e. The summed E-state index contributed by atoms with van der Waals surface area (Å²) in [5.74, 6) is -0.803. The highest BCUT2D eigenvalue weighted by Gasteiger charge is 2.29. The molecule has 11 nitrogen and oxygen atoms in total. The van der Waals surface area contributed by atoms with Crippen LogP contribution in [0.3, 0.4) is 0 Å². The van der Waals surface area contributed by atoms with Crippen molar-refractivity contribution in [1.29, 1.82) is 0 Å². The van der Waals surface area contributed by atoms with Gasteiger partial charge >= 0.3 is 5.69 Å². The Balaban J connectivity index is 1.81. The number of hydrogen-bond donors (Lipinski definition) is 2. The molecule has 1 saturated heterocycles. The highest BCUT2D eigenvalue weighted by atomic mass is 16.6. The first-order chi connectivity index (χ1) is 14.5. The second-order valence-corrected chi connectivity index (χ2v) is 6.41. The molecule has 158 valence electrons. The number of nitrogens with zero attached hydrogens (tertiary/aromatic N) is 4. The molecule has 2 N–H and O–H groups in total. The minimum absolute atomic E-state index is 0.0330. The fourth-order valence-electron chi connectivity index (χ4n) is 3.10. The number of methoxy groups -OCH3 is 1. The van der Waals surface area contributed by atoms with Crippen molar-refractivity contribution >= 4 is 17.8 Å². The summed E-state index contributed by atoms with van der Waals surface area (Å²) in [7, 11) is 1.35. The number of hydrazone groups is 1. The van der Waals surface area contributed by atoms with Crippen molar-refractivity contribution in [2.24, 2.45) is 5.10 Å². The van der Waals surface area contributed by atoms with Crippen molar-refractivity contribution in [2.75, 3.05) is 33.4 Å². The zero-order valence-corrected chi connectivity index (χ0v) is 16.2. The van der Waals surface area contributed by atoms with E-state index in [-0.39, 0.29) is 11.3 Å². The van der Waals surface area contributed by atoms with E-state index in [9.17, 15) is 20.0 Å². The van der Waals surface area contributed by atoms with Crippen LogP contribution in [0.15, 0.2) is 41.8 Å². The van der Waals surface area contributed by atoms with Crippen molar-refractivity contribution in [3.63, 3.8) is 0 Å². The first-order valence-electron chi connectivity index (χ1n) is 9.11. The van der Waals surface area contributed by atoms with Gasteiger partial charge in [0.25, 0.3) is 5.91 Å². The third-order valence-electron chi connectivity index (χ3n) is 4.56. The molecule has 11 heteroatoms. The molecule has 1 fully saturated rings. The van der Waals surface area contributed by atoms with Crippen LogP contribution in [0.4, 0.5) is 5.69 Å². The van der Waals surface area contributed by atoms with Crippen molar-refractivity contribution in [3.8, 4) is 11.5 Å². The Morgan fingerprint density at radius 2 is 2.23 bits per heavy atom. The lowest BCUT2D eigenvalue weighted by molar-refractivity contribution is -0.385. The summed E-state index contributed by atoms with van der Waals surface area (Å²) < 4.78 is 10.4. The number of nitro groups is 1. The van der Waals surface area contributed by atoms with E-state index < -0.39 is 28.3 Å². The summed E-state index contributed by atoms with van der Waals surface area (Å²) in [4.78, 5) is 29.3. The summed E-state index contributed by atoms with van der Waals surface area (Å²) in [6.45, 7) is 2.16. The molecule has 0 aliphatic carbocycles. The van der Waals surface area contributed by atoms with E-state index in [2.05, 4.69) is 15.5 Å². The van der Waals surface area contributed by atoms with E-state index in [0.29, 0.717) is 31.9 Å². The Labute approximate surface area is 172 Å². The topological polar surface area (TPSA) is 139 Å². The maximum Gasteiger partial charge on any atom is 0.315 e. The number of nitro benzene ring substituents is 1. The number of rotatable bonds is 7. The van der Waals surface area contributed by atoms with Crippen LogP contribution >= 0.6 is 0 Å². The van der Waals surface area contributed by atoms with Gasteiger partial charge in [-0.3, -0.25) is 24.8 Å². The number of carbonyl (C=O) groups is 1. The SMILES string of the molecule is COc1cc(/C=N\NC(=O)[C@H](c2cccnc2)N2CCOCC2)c(O)c([N+](=O)[O-])c1. The Kier molecular flexibility index (Phi) is 6.88. The lowest BCUT2D eigenvalue weighted by Crippen LogP contribution is -2.45. The van der Waals surface area contributed by atoms with E-state index in [4.69, 9.17) is 9.47 Å². The van der Waals surface area contributed by atoms with Crippen LogP contribution in [-0.4, -0.2) is 65.4 Å². The maximum atomic E-state index is 12.9. The Morgan fingerprint density at radius 1 is 1.47 bits per heavy atom. The fourth-order valence-corrected chi connectivity index (χ4v) is 3.10. The second kappa shape index (κ2) is 9.76. The van der Waals surface area contributed by atoms with Crippen LogP contribution in [0.2, 0.25) is 0 Å². The molecular weight excluding hydrogens is 394 g/mol. The van der Waals surface area contributed by atoms with Crippen LogP contribution in [0, 0.1) is 10.1 Å². The van der Waals surface area contributed by atoms with Gasteiger partial charge < -0.3 is 14.6 Å². The van der Waals surface area contributed by atoms with Gasteiger partial charge in [0.2, 0.25) is 5.75 Å². The number of aromatic nitrogens is 1. The number of carbonyl (C=O) groups excluding carboxylic acids is 1. The summed E-state index contributed by atoms with van der Waals surface area (Å²) in [6.07, 6.45) is 4.36. The van der Waals surface area contributed by atoms with E-state index >= 15 is 0 Å². The van der Waals surface area contributed by atoms with Crippen LogP contribution in [0.25, 0.3) is 0 Å². The third kappa shape index (κ3) is 4.88. The molecule has 0 unspecified atom stereocenters. The number of morpholine rings is 1. The Bertz CT molecular complexity index is 931. The predicted octanol–water partition coefficient (Wildman–Crippen LogP) is 1.23. The van der Waals surface area contributed by atoms with Crippen LogP contribution in [-0.2, 0) is 9.53 Å². The molecule has 1 aliphatic heterocycles. The van der Waals surface area contributed by atoms with Gasteiger partial charge in [-0.15, -0.1) is 0 Å². The first kappa shape index (κ1) is 21.1. The molecule has 2 heterocycles. The number of aromatic hydroxyl groups is 1. The normalized spacial score (nSPS) is 15.6. The molecule has 1 aromatic heterocycles. The van der Waals surface area contributed by atoms with Gasteiger partial charge in [0, 0.05) is 31.0 Å². The number of pyridine rings is 1. The van der Waals surface area contributed by atoms with Crippen LogP contribution in [0.1, 0.15) is 17.2 Å². The van der Waals surface area contributed by atoms with Crippen molar-refractivity contribution in [1.82, 2.24) is 15.3 Å². The molecule has 1 amide bonds. The Morgan fingerprint density at radius 3 is 2.87 bits per heavy atom. The second-order valence-electron chi connectivity index (χ2n) is 6.41. The largest absolute Gasteiger partial charge is 0.502 e. The monoisotopic (exact) mass is 415 g/mol. The quantitative estimate of drug-likeness (QED) is 0.391. The van der Waals surface area contributed by atoms with Gasteiger partial charge in [-0.2, -0.15) is 5.10 Å². The molecule has 1 atom stereocenters. The molecule has 2 aromatic rings. The average molecular weight is 415 g/mol. The lowest BCUT2D eigenvalue weighted by Gasteiger charge is -2.33. The van der Waals surface area contributed by atoms with Crippen molar-refractivity contribution in [3.05, 3.63) is 57.9 Å². The summed E-state index contributed by atoms with van der Waals surface area (Å²) in [5.41, 5.74) is 2.65. The molecule has 3 rings (SSSR count). The number of benzene rings is 1. The number of phenolic OH excluding ortho intramolecular Hbond substituents is 1. The third-order valence-corrected chi connectivity index (χ3v) is 4.56. The predicted molar refractivity (Wildman–Crippen MR) is 106 cm³/mol. The van der Waals surface area contributed by atoms with Gasteiger partial charge in [0.05, 0.1) is 37.5 Å². The van der Waals surface area contributed by atoms with Crippen LogP contribution in [0.5, 0.6) is 11.5 Å². The molecule has 0 spiro atoms. The minimum atomic E-state index is -0.732. The summed E-state index contributed by atoms with van der Waals surface area (Å²) >= 11 is 0. The zero-order valence-electron chi connectivity index (χ0n) is 16.2. The molecule has 0 saturated carbocycles. The fraction of sp³-hybridized carbons (Fsp3) is 0.316. The van der Waals surface area contributed by atoms with Gasteiger partial charge in [-0.1, -0.05) is 6.07 Å². The number of nitrogens with one attached hydrogen (secondary N) is 1. The van der Waals surface area contributed by atoms with Gasteiger partial charge in [0.15, 0.2) is 0 Å². The zero-order chi connectivity index (χ0) is 21.5. The molecule has 30 heavy (non-hydrogen) atoms. The van der Waals surface area contributed by atoms with E-state index in [1.165, 1.54) is 13.2 Å². The first-order valence-corrected chi connectivity index (χ1v) is 9.11. The number of hydrogen-bond acceptors (Lipinski definition) is 9. The summed E-state index contributed by atoms with van der Waals surface area (Å²) in [6, 6.07) is 5.38. The van der Waals surface area contributed by atoms with E-state index in [0.717, 1.165) is 12.3 Å². The van der Waals surface area contributed by atoms with Crippen LogP contribution < -0.4 is 10.2 Å². The molecular formula is C19H21N5O6. The maximum absolute atomic E-state index is 12.9. The number of phenols is 1. The summed E-state index contributed by atoms with van der Waals surface area (Å²) in [5, 5.41) is 25.1. The number of amides is 1. The van der Waals surface area contributed by atoms with Gasteiger partial charge in [-0.05, 0) is 17.7 Å². The molecule has 0 bridgehead atoms. The van der Waals surface area contributed by atoms with E-state index in [1.54, 1.807) is 24.5 Å². The van der Waals surface area contributed by atoms with Crippen molar-refractivity contribution in [2.45, 2.75) is 6.04 Å². The standard InChI is InChI=1S/C19H21N5O6/c1-29-15-9-14(18(25)16(10-15)24(27)28)12-21-22-19(26)17(13-3-2-4-20-11-13)23-5-7-30-8-6-23/h2-4,9-12,17,25H,5-8H2,1H3,(H,22,26)/b21-12-/t17-/m0/s1. The lowest BCUT2D eigenvalue weighted by atomic mass is 10.1. The Hall–Kier alpha value is -3.57. The highest BCUT2D eigenvalue weighted by Crippen LogP contribution is 2.33. The molecule has 0 radical (unpaired) electrons. The van der Waals surface area contributed by atoms with Crippen molar-refractivity contribution < 1.29 is 24.3 Å².